The molecule has 1 aliphatic heterocycles. The number of carbonyl (C=O) groups excluding carboxylic acids is 1. The van der Waals surface area contributed by atoms with Gasteiger partial charge >= 0.3 is 0 Å². The number of anilines is 1. The molecule has 0 radical (unpaired) electrons. The summed E-state index contributed by atoms with van der Waals surface area (Å²) < 4.78 is 24.1. The van der Waals surface area contributed by atoms with Crippen molar-refractivity contribution >= 4 is 32.5 Å². The molecular formula is C31H35N5O4S. The summed E-state index contributed by atoms with van der Waals surface area (Å²) in [4.78, 5) is 29.3. The van der Waals surface area contributed by atoms with Gasteiger partial charge in [-0.15, -0.1) is 0 Å². The fourth-order valence-electron chi connectivity index (χ4n) is 5.27. The standard InChI is InChI=1S/C31H35N5O4S/c1-20-8-9-21(16-28(20)41(4,39)40)30(37)33-19-24-17-27-22(18-32-24)10-11-26(34-27)25-6-5-7-29(35-25)36-14-12-23(13-15-36)31(2,3)38/h5-11,16-18,23,38H,12-15,19H2,1-4H3,(H,33,37). The third kappa shape index (κ3) is 6.55. The molecule has 1 fully saturated rings. The van der Waals surface area contributed by atoms with Crippen molar-refractivity contribution in [2.75, 3.05) is 24.2 Å². The maximum atomic E-state index is 12.8. The third-order valence-corrected chi connectivity index (χ3v) is 8.96. The van der Waals surface area contributed by atoms with Crippen LogP contribution < -0.4 is 10.2 Å². The Balaban J connectivity index is 1.31. The Labute approximate surface area is 240 Å². The van der Waals surface area contributed by atoms with Crippen LogP contribution in [0.1, 0.15) is 48.3 Å². The van der Waals surface area contributed by atoms with Gasteiger partial charge < -0.3 is 15.3 Å². The van der Waals surface area contributed by atoms with Gasteiger partial charge in [-0.1, -0.05) is 12.1 Å². The molecule has 1 saturated heterocycles. The molecule has 0 bridgehead atoms. The lowest BCUT2D eigenvalue weighted by molar-refractivity contribution is 0.00645. The number of nitrogens with one attached hydrogen (secondary N) is 1. The number of sulfone groups is 1. The van der Waals surface area contributed by atoms with Crippen molar-refractivity contribution < 1.29 is 18.3 Å². The molecule has 9 nitrogen and oxygen atoms in total. The van der Waals surface area contributed by atoms with Gasteiger partial charge in [0.25, 0.3) is 5.91 Å². The van der Waals surface area contributed by atoms with Gasteiger partial charge in [0.05, 0.1) is 39.6 Å². The summed E-state index contributed by atoms with van der Waals surface area (Å²) in [5, 5.41) is 14.1. The number of carbonyl (C=O) groups is 1. The number of piperidine rings is 1. The first-order valence-corrected chi connectivity index (χ1v) is 15.6. The number of aryl methyl sites for hydroxylation is 1. The Hall–Kier alpha value is -3.89. The summed E-state index contributed by atoms with van der Waals surface area (Å²) in [5.41, 5.74) is 3.05. The number of amides is 1. The molecule has 1 aromatic carbocycles. The summed E-state index contributed by atoms with van der Waals surface area (Å²) in [6.07, 6.45) is 4.68. The van der Waals surface area contributed by atoms with Crippen LogP contribution in [0, 0.1) is 12.8 Å². The SMILES string of the molecule is Cc1ccc(C(=O)NCc2cc3nc(-c4cccc(N5CCC(C(C)(C)O)CC5)n4)ccc3cn2)cc1S(C)(=O)=O. The van der Waals surface area contributed by atoms with Crippen molar-refractivity contribution in [2.24, 2.45) is 5.92 Å². The zero-order chi connectivity index (χ0) is 29.4. The van der Waals surface area contributed by atoms with Crippen molar-refractivity contribution in [1.29, 1.82) is 0 Å². The van der Waals surface area contributed by atoms with Gasteiger partial charge in [-0.2, -0.15) is 0 Å². The predicted molar refractivity (Wildman–Crippen MR) is 159 cm³/mol. The van der Waals surface area contributed by atoms with E-state index in [0.29, 0.717) is 11.3 Å². The van der Waals surface area contributed by atoms with E-state index in [9.17, 15) is 18.3 Å². The van der Waals surface area contributed by atoms with Crippen molar-refractivity contribution in [3.8, 4) is 11.4 Å². The van der Waals surface area contributed by atoms with Crippen molar-refractivity contribution in [1.82, 2.24) is 20.3 Å². The monoisotopic (exact) mass is 573 g/mol. The molecule has 1 aliphatic rings. The molecule has 10 heteroatoms. The average Bonchev–Trinajstić information content (AvgIpc) is 2.95. The molecule has 41 heavy (non-hydrogen) atoms. The van der Waals surface area contributed by atoms with Gasteiger partial charge in [-0.3, -0.25) is 9.78 Å². The van der Waals surface area contributed by atoms with E-state index in [2.05, 4.69) is 15.2 Å². The van der Waals surface area contributed by atoms with Crippen molar-refractivity contribution in [3.63, 3.8) is 0 Å². The third-order valence-electron chi connectivity index (χ3n) is 7.72. The topological polar surface area (TPSA) is 125 Å². The lowest BCUT2D eigenvalue weighted by atomic mass is 9.83. The highest BCUT2D eigenvalue weighted by Gasteiger charge is 2.31. The number of hydrogen-bond donors (Lipinski definition) is 2. The van der Waals surface area contributed by atoms with Crippen LogP contribution in [0.3, 0.4) is 0 Å². The minimum Gasteiger partial charge on any atom is -0.390 e. The molecule has 5 rings (SSSR count). The Morgan fingerprint density at radius 3 is 2.49 bits per heavy atom. The molecule has 0 unspecified atom stereocenters. The number of benzene rings is 1. The van der Waals surface area contributed by atoms with Crippen LogP contribution in [-0.2, 0) is 16.4 Å². The fourth-order valence-corrected chi connectivity index (χ4v) is 6.26. The van der Waals surface area contributed by atoms with Crippen LogP contribution in [0.4, 0.5) is 5.82 Å². The highest BCUT2D eigenvalue weighted by Crippen LogP contribution is 2.30. The summed E-state index contributed by atoms with van der Waals surface area (Å²) in [7, 11) is -3.44. The maximum Gasteiger partial charge on any atom is 0.251 e. The first kappa shape index (κ1) is 28.6. The Morgan fingerprint density at radius 1 is 1.05 bits per heavy atom. The second-order valence-electron chi connectivity index (χ2n) is 11.3. The molecule has 0 saturated carbocycles. The molecule has 214 valence electrons. The molecule has 0 spiro atoms. The largest absolute Gasteiger partial charge is 0.390 e. The molecular weight excluding hydrogens is 538 g/mol. The number of aromatic nitrogens is 3. The lowest BCUT2D eigenvalue weighted by Crippen LogP contribution is -2.42. The molecule has 4 aromatic rings. The second-order valence-corrected chi connectivity index (χ2v) is 13.3. The number of aliphatic hydroxyl groups is 1. The van der Waals surface area contributed by atoms with Gasteiger partial charge in [-0.05, 0) is 87.6 Å². The smallest absolute Gasteiger partial charge is 0.251 e. The normalized spacial score (nSPS) is 14.8. The zero-order valence-electron chi connectivity index (χ0n) is 23.8. The van der Waals surface area contributed by atoms with Gasteiger partial charge in [-0.25, -0.2) is 18.4 Å². The number of hydrogen-bond acceptors (Lipinski definition) is 8. The van der Waals surface area contributed by atoms with E-state index in [0.717, 1.165) is 60.3 Å². The summed E-state index contributed by atoms with van der Waals surface area (Å²) in [6.45, 7) is 7.31. The van der Waals surface area contributed by atoms with E-state index in [-0.39, 0.29) is 28.8 Å². The number of pyridine rings is 3. The van der Waals surface area contributed by atoms with E-state index in [1.165, 1.54) is 6.07 Å². The van der Waals surface area contributed by atoms with Crippen molar-refractivity contribution in [2.45, 2.75) is 50.7 Å². The van der Waals surface area contributed by atoms with E-state index >= 15 is 0 Å². The first-order chi connectivity index (χ1) is 19.4. The molecule has 2 N–H and O–H groups in total. The van der Waals surface area contributed by atoms with E-state index < -0.39 is 15.4 Å². The molecule has 3 aromatic heterocycles. The van der Waals surface area contributed by atoms with Gasteiger partial charge in [0, 0.05) is 36.5 Å². The average molecular weight is 574 g/mol. The van der Waals surface area contributed by atoms with E-state index in [1.807, 2.05) is 50.2 Å². The summed E-state index contributed by atoms with van der Waals surface area (Å²) in [5.74, 6) is 0.788. The molecule has 0 atom stereocenters. The first-order valence-electron chi connectivity index (χ1n) is 13.7. The number of rotatable bonds is 7. The number of fused-ring (bicyclic) bond motifs is 1. The van der Waals surface area contributed by atoms with Crippen LogP contribution in [-0.4, -0.2) is 59.3 Å². The van der Waals surface area contributed by atoms with E-state index in [4.69, 9.17) is 9.97 Å². The van der Waals surface area contributed by atoms with Gasteiger partial charge in [0.15, 0.2) is 9.84 Å². The van der Waals surface area contributed by atoms with Crippen molar-refractivity contribution in [3.05, 3.63) is 77.6 Å². The zero-order valence-corrected chi connectivity index (χ0v) is 24.6. The maximum absolute atomic E-state index is 12.8. The molecule has 1 amide bonds. The molecule has 0 aliphatic carbocycles. The highest BCUT2D eigenvalue weighted by molar-refractivity contribution is 7.90. The van der Waals surface area contributed by atoms with E-state index in [1.54, 1.807) is 25.3 Å². The van der Waals surface area contributed by atoms with Crippen LogP contribution in [0.2, 0.25) is 0 Å². The van der Waals surface area contributed by atoms with Crippen LogP contribution in [0.15, 0.2) is 65.7 Å². The van der Waals surface area contributed by atoms with Crippen LogP contribution >= 0.6 is 0 Å². The van der Waals surface area contributed by atoms with Crippen LogP contribution in [0.5, 0.6) is 0 Å². The minimum atomic E-state index is -3.44. The van der Waals surface area contributed by atoms with Gasteiger partial charge in [0.2, 0.25) is 0 Å². The quantitative estimate of drug-likeness (QED) is 0.335. The Kier molecular flexibility index (Phi) is 7.80. The molecule has 4 heterocycles. The van der Waals surface area contributed by atoms with Crippen LogP contribution in [0.25, 0.3) is 22.3 Å². The fraction of sp³-hybridized carbons (Fsp3) is 0.355. The lowest BCUT2D eigenvalue weighted by Gasteiger charge is -2.38. The highest BCUT2D eigenvalue weighted by atomic mass is 32.2. The Bertz CT molecular complexity index is 1710. The van der Waals surface area contributed by atoms with Gasteiger partial charge in [0.1, 0.15) is 5.82 Å². The number of nitrogens with zero attached hydrogens (tertiary/aromatic N) is 4. The minimum absolute atomic E-state index is 0.141. The Morgan fingerprint density at radius 2 is 1.78 bits per heavy atom. The summed E-state index contributed by atoms with van der Waals surface area (Å²) in [6, 6.07) is 16.3. The summed E-state index contributed by atoms with van der Waals surface area (Å²) >= 11 is 0. The predicted octanol–water partition coefficient (Wildman–Crippen LogP) is 4.32. The second kappa shape index (κ2) is 11.2.